The number of imidazole rings is 1. The van der Waals surface area contributed by atoms with Crippen molar-refractivity contribution < 1.29 is 0 Å². The average Bonchev–Trinajstić information content (AvgIpc) is 2.55. The van der Waals surface area contributed by atoms with Gasteiger partial charge >= 0.3 is 0 Å². The predicted octanol–water partition coefficient (Wildman–Crippen LogP) is 2.64. The number of rotatable bonds is 1. The molecule has 2 aromatic heterocycles. The number of aryl methyl sites for hydroxylation is 1. The third kappa shape index (κ3) is 1.48. The molecular weight excluding hydrogens is 186 g/mol. The first kappa shape index (κ1) is 9.72. The summed E-state index contributed by atoms with van der Waals surface area (Å²) in [4.78, 5) is 4.46. The van der Waals surface area contributed by atoms with Crippen molar-refractivity contribution in [1.82, 2.24) is 9.38 Å². The number of hydrogen-bond acceptors (Lipinski definition) is 2. The number of nitriles is 1. The fourth-order valence-corrected chi connectivity index (χ4v) is 1.68. The normalized spacial score (nSPS) is 10.9. The molecule has 0 aliphatic carbocycles. The van der Waals surface area contributed by atoms with Crippen LogP contribution in [-0.2, 0) is 0 Å². The van der Waals surface area contributed by atoms with Crippen LogP contribution in [-0.4, -0.2) is 9.38 Å². The first-order valence-electron chi connectivity index (χ1n) is 5.02. The molecule has 0 radical (unpaired) electrons. The monoisotopic (exact) mass is 199 g/mol. The zero-order chi connectivity index (χ0) is 11.0. The van der Waals surface area contributed by atoms with Gasteiger partial charge in [-0.25, -0.2) is 4.98 Å². The van der Waals surface area contributed by atoms with Gasteiger partial charge in [-0.1, -0.05) is 19.9 Å². The molecule has 0 aliphatic heterocycles. The summed E-state index contributed by atoms with van der Waals surface area (Å²) in [6.45, 7) is 6.11. The van der Waals surface area contributed by atoms with Crippen molar-refractivity contribution in [3.63, 3.8) is 0 Å². The Morgan fingerprint density at radius 1 is 1.40 bits per heavy atom. The van der Waals surface area contributed by atoms with E-state index in [2.05, 4.69) is 24.9 Å². The molecule has 0 N–H and O–H groups in total. The van der Waals surface area contributed by atoms with Crippen molar-refractivity contribution in [2.24, 2.45) is 0 Å². The lowest BCUT2D eigenvalue weighted by Crippen LogP contribution is -1.93. The fourth-order valence-electron chi connectivity index (χ4n) is 1.68. The van der Waals surface area contributed by atoms with Gasteiger partial charge in [-0.05, 0) is 24.5 Å². The Hall–Kier alpha value is -1.82. The molecule has 0 amide bonds. The van der Waals surface area contributed by atoms with Crippen LogP contribution in [0.4, 0.5) is 0 Å². The molecule has 0 saturated heterocycles. The van der Waals surface area contributed by atoms with Gasteiger partial charge < -0.3 is 0 Å². The van der Waals surface area contributed by atoms with Crippen molar-refractivity contribution in [2.75, 3.05) is 0 Å². The Morgan fingerprint density at radius 2 is 2.13 bits per heavy atom. The van der Waals surface area contributed by atoms with Gasteiger partial charge in [-0.3, -0.25) is 4.40 Å². The van der Waals surface area contributed by atoms with Crippen LogP contribution in [0.15, 0.2) is 18.3 Å². The van der Waals surface area contributed by atoms with Crippen LogP contribution in [0.1, 0.15) is 36.7 Å². The largest absolute Gasteiger partial charge is 0.291 e. The molecule has 0 aliphatic rings. The van der Waals surface area contributed by atoms with Crippen LogP contribution in [0.3, 0.4) is 0 Å². The van der Waals surface area contributed by atoms with Crippen molar-refractivity contribution in [1.29, 1.82) is 5.26 Å². The molecule has 0 fully saturated rings. The summed E-state index contributed by atoms with van der Waals surface area (Å²) in [5, 5.41) is 9.13. The van der Waals surface area contributed by atoms with Gasteiger partial charge in [-0.15, -0.1) is 0 Å². The predicted molar refractivity (Wildman–Crippen MR) is 58.7 cm³/mol. The summed E-state index contributed by atoms with van der Waals surface area (Å²) in [6, 6.07) is 6.18. The van der Waals surface area contributed by atoms with E-state index in [9.17, 15) is 0 Å². The Labute approximate surface area is 89.0 Å². The molecule has 3 heteroatoms. The number of fused-ring (bicyclic) bond motifs is 1. The van der Waals surface area contributed by atoms with E-state index in [1.807, 2.05) is 29.7 Å². The Bertz CT molecular complexity index is 544. The van der Waals surface area contributed by atoms with Crippen LogP contribution in [0.25, 0.3) is 5.65 Å². The lowest BCUT2D eigenvalue weighted by atomic mass is 10.1. The minimum absolute atomic E-state index is 0.278. The highest BCUT2D eigenvalue weighted by atomic mass is 15.0. The zero-order valence-corrected chi connectivity index (χ0v) is 9.15. The Kier molecular flexibility index (Phi) is 2.20. The van der Waals surface area contributed by atoms with Crippen LogP contribution in [0.2, 0.25) is 0 Å². The minimum Gasteiger partial charge on any atom is -0.291 e. The lowest BCUT2D eigenvalue weighted by Gasteiger charge is -1.99. The van der Waals surface area contributed by atoms with Gasteiger partial charge in [0.2, 0.25) is 0 Å². The van der Waals surface area contributed by atoms with Gasteiger partial charge in [0.25, 0.3) is 0 Å². The highest BCUT2D eigenvalue weighted by Gasteiger charge is 2.14. The van der Waals surface area contributed by atoms with Gasteiger partial charge in [0.05, 0.1) is 5.69 Å². The van der Waals surface area contributed by atoms with Crippen LogP contribution in [0, 0.1) is 18.3 Å². The van der Waals surface area contributed by atoms with Crippen molar-refractivity contribution >= 4 is 5.65 Å². The van der Waals surface area contributed by atoms with E-state index in [4.69, 9.17) is 5.26 Å². The maximum Gasteiger partial charge on any atom is 0.148 e. The summed E-state index contributed by atoms with van der Waals surface area (Å²) in [5.41, 5.74) is 3.51. The first-order chi connectivity index (χ1) is 7.13. The highest BCUT2D eigenvalue weighted by Crippen LogP contribution is 2.20. The molecule has 0 atom stereocenters. The SMILES string of the molecule is Cc1ccc2nc(C(C)C)c(C#N)n2c1. The van der Waals surface area contributed by atoms with E-state index in [1.54, 1.807) is 0 Å². The van der Waals surface area contributed by atoms with E-state index in [0.29, 0.717) is 5.69 Å². The molecule has 15 heavy (non-hydrogen) atoms. The van der Waals surface area contributed by atoms with Crippen LogP contribution >= 0.6 is 0 Å². The fraction of sp³-hybridized carbons (Fsp3) is 0.333. The van der Waals surface area contributed by atoms with Crippen LogP contribution < -0.4 is 0 Å². The molecule has 2 heterocycles. The van der Waals surface area contributed by atoms with E-state index in [-0.39, 0.29) is 5.92 Å². The van der Waals surface area contributed by atoms with E-state index in [0.717, 1.165) is 16.9 Å². The molecule has 2 rings (SSSR count). The summed E-state index contributed by atoms with van der Waals surface area (Å²) in [7, 11) is 0. The van der Waals surface area contributed by atoms with Gasteiger partial charge in [0.1, 0.15) is 17.4 Å². The van der Waals surface area contributed by atoms with Gasteiger partial charge in [0, 0.05) is 6.20 Å². The first-order valence-corrected chi connectivity index (χ1v) is 5.02. The summed E-state index contributed by atoms with van der Waals surface area (Å²) in [6.07, 6.45) is 1.95. The van der Waals surface area contributed by atoms with Crippen molar-refractivity contribution in [2.45, 2.75) is 26.7 Å². The topological polar surface area (TPSA) is 41.1 Å². The number of pyridine rings is 1. The van der Waals surface area contributed by atoms with E-state index < -0.39 is 0 Å². The van der Waals surface area contributed by atoms with Gasteiger partial charge in [-0.2, -0.15) is 5.26 Å². The second kappa shape index (κ2) is 3.39. The molecule has 0 bridgehead atoms. The van der Waals surface area contributed by atoms with Gasteiger partial charge in [0.15, 0.2) is 0 Å². The molecule has 0 unspecified atom stereocenters. The minimum atomic E-state index is 0.278. The van der Waals surface area contributed by atoms with Crippen LogP contribution in [0.5, 0.6) is 0 Å². The molecule has 2 aromatic rings. The van der Waals surface area contributed by atoms with E-state index in [1.165, 1.54) is 0 Å². The van der Waals surface area contributed by atoms with E-state index >= 15 is 0 Å². The molecule has 0 saturated carbocycles. The summed E-state index contributed by atoms with van der Waals surface area (Å²) in [5.74, 6) is 0.278. The second-order valence-electron chi connectivity index (χ2n) is 4.05. The quantitative estimate of drug-likeness (QED) is 0.708. The molecule has 0 aromatic carbocycles. The Balaban J connectivity index is 2.81. The third-order valence-electron chi connectivity index (χ3n) is 2.45. The molecule has 76 valence electrons. The molecular formula is C12H13N3. The number of aromatic nitrogens is 2. The second-order valence-corrected chi connectivity index (χ2v) is 4.05. The molecule has 0 spiro atoms. The van der Waals surface area contributed by atoms with Crippen molar-refractivity contribution in [3.05, 3.63) is 35.3 Å². The smallest absolute Gasteiger partial charge is 0.148 e. The third-order valence-corrected chi connectivity index (χ3v) is 2.45. The Morgan fingerprint density at radius 3 is 2.73 bits per heavy atom. The number of hydrogen-bond donors (Lipinski definition) is 0. The van der Waals surface area contributed by atoms with Crippen molar-refractivity contribution in [3.8, 4) is 6.07 Å². The lowest BCUT2D eigenvalue weighted by molar-refractivity contribution is 0.829. The number of nitrogens with zero attached hydrogens (tertiary/aromatic N) is 3. The maximum absolute atomic E-state index is 9.13. The maximum atomic E-state index is 9.13. The summed E-state index contributed by atoms with van der Waals surface area (Å²) < 4.78 is 1.87. The highest BCUT2D eigenvalue weighted by molar-refractivity contribution is 5.48. The zero-order valence-electron chi connectivity index (χ0n) is 9.15. The average molecular weight is 199 g/mol. The standard InChI is InChI=1S/C12H13N3/c1-8(2)12-10(6-13)15-7-9(3)4-5-11(15)14-12/h4-5,7-8H,1-3H3. The summed E-state index contributed by atoms with van der Waals surface area (Å²) >= 11 is 0. The molecule has 3 nitrogen and oxygen atoms in total.